The van der Waals surface area contributed by atoms with Crippen LogP contribution in [0.2, 0.25) is 0 Å². The Bertz CT molecular complexity index is 700. The van der Waals surface area contributed by atoms with Crippen molar-refractivity contribution in [1.82, 2.24) is 9.62 Å². The minimum atomic E-state index is -3.70. The number of nitrogens with zero attached hydrogens (tertiary/aromatic N) is 2. The van der Waals surface area contributed by atoms with E-state index in [9.17, 15) is 18.5 Å². The number of hydrogen-bond acceptors (Lipinski definition) is 6. The van der Waals surface area contributed by atoms with Crippen LogP contribution in [0.4, 0.5) is 11.4 Å². The first-order chi connectivity index (χ1) is 11.8. The van der Waals surface area contributed by atoms with Crippen LogP contribution in [0.3, 0.4) is 0 Å². The molecule has 25 heavy (non-hydrogen) atoms. The first kappa shape index (κ1) is 19.6. The topological polar surface area (TPSA) is 105 Å². The van der Waals surface area contributed by atoms with Crippen LogP contribution in [-0.2, 0) is 10.0 Å². The van der Waals surface area contributed by atoms with E-state index in [2.05, 4.69) is 21.9 Å². The van der Waals surface area contributed by atoms with E-state index in [0.717, 1.165) is 38.0 Å². The smallest absolute Gasteiger partial charge is 0.293 e. The number of sulfonamides is 1. The highest BCUT2D eigenvalue weighted by molar-refractivity contribution is 7.89. The average molecular weight is 370 g/mol. The highest BCUT2D eigenvalue weighted by Crippen LogP contribution is 2.27. The molecule has 1 aliphatic rings. The molecule has 0 unspecified atom stereocenters. The van der Waals surface area contributed by atoms with Gasteiger partial charge in [0.05, 0.1) is 9.82 Å². The molecule has 1 aromatic rings. The van der Waals surface area contributed by atoms with Crippen LogP contribution in [0.1, 0.15) is 26.2 Å². The molecule has 0 atom stereocenters. The summed E-state index contributed by atoms with van der Waals surface area (Å²) < 4.78 is 25.7. The van der Waals surface area contributed by atoms with Crippen molar-refractivity contribution in [1.29, 1.82) is 0 Å². The largest absolute Gasteiger partial charge is 0.379 e. The fourth-order valence-electron chi connectivity index (χ4n) is 2.91. The second kappa shape index (κ2) is 8.59. The van der Waals surface area contributed by atoms with Gasteiger partial charge in [-0.25, -0.2) is 13.1 Å². The second-order valence-electron chi connectivity index (χ2n) is 6.45. The number of hydrogen-bond donors (Lipinski definition) is 2. The fraction of sp³-hybridized carbons (Fsp3) is 0.625. The SMILES string of the molecule is CNS(=O)(=O)c1ccc(NCCCN2CCC(C)CC2)c([N+](=O)[O-])c1. The summed E-state index contributed by atoms with van der Waals surface area (Å²) in [7, 11) is -2.43. The van der Waals surface area contributed by atoms with Gasteiger partial charge in [0.25, 0.3) is 5.69 Å². The number of benzene rings is 1. The Labute approximate surface area is 148 Å². The van der Waals surface area contributed by atoms with E-state index >= 15 is 0 Å². The molecule has 0 aromatic heterocycles. The summed E-state index contributed by atoms with van der Waals surface area (Å²) in [6, 6.07) is 3.90. The maximum absolute atomic E-state index is 11.8. The van der Waals surface area contributed by atoms with Gasteiger partial charge in [0.2, 0.25) is 10.0 Å². The molecule has 8 nitrogen and oxygen atoms in total. The zero-order valence-corrected chi connectivity index (χ0v) is 15.5. The Morgan fingerprint density at radius 3 is 2.60 bits per heavy atom. The zero-order chi connectivity index (χ0) is 18.4. The normalized spacial score (nSPS) is 16.7. The van der Waals surface area contributed by atoms with Crippen LogP contribution in [0, 0.1) is 16.0 Å². The molecule has 0 spiro atoms. The molecule has 1 aromatic carbocycles. The van der Waals surface area contributed by atoms with Gasteiger partial charge in [0, 0.05) is 12.6 Å². The van der Waals surface area contributed by atoms with Crippen LogP contribution in [0.5, 0.6) is 0 Å². The minimum absolute atomic E-state index is 0.116. The Morgan fingerprint density at radius 2 is 2.00 bits per heavy atom. The van der Waals surface area contributed by atoms with Crippen LogP contribution >= 0.6 is 0 Å². The summed E-state index contributed by atoms with van der Waals surface area (Å²) in [6.07, 6.45) is 3.32. The quantitative estimate of drug-likeness (QED) is 0.412. The summed E-state index contributed by atoms with van der Waals surface area (Å²) >= 11 is 0. The van der Waals surface area contributed by atoms with Gasteiger partial charge in [-0.05, 0) is 64.0 Å². The number of rotatable bonds is 8. The number of likely N-dealkylation sites (tertiary alicyclic amines) is 1. The Kier molecular flexibility index (Phi) is 6.74. The fourth-order valence-corrected chi connectivity index (χ4v) is 3.66. The standard InChI is InChI=1S/C16H26N4O4S/c1-13-6-10-19(11-7-13)9-3-8-18-15-5-4-14(25(23,24)17-2)12-16(15)20(21)22/h4-5,12-13,17-18H,3,6-11H2,1-2H3. The van der Waals surface area contributed by atoms with E-state index < -0.39 is 14.9 Å². The van der Waals surface area contributed by atoms with Crippen LogP contribution in [0.25, 0.3) is 0 Å². The molecule has 0 aliphatic carbocycles. The summed E-state index contributed by atoms with van der Waals surface area (Å²) in [5, 5.41) is 14.3. The number of anilines is 1. The van der Waals surface area contributed by atoms with E-state index in [1.54, 1.807) is 0 Å². The lowest BCUT2D eigenvalue weighted by Crippen LogP contribution is -2.34. The lowest BCUT2D eigenvalue weighted by molar-refractivity contribution is -0.384. The third-order valence-corrected chi connectivity index (χ3v) is 6.00. The van der Waals surface area contributed by atoms with Gasteiger partial charge < -0.3 is 10.2 Å². The van der Waals surface area contributed by atoms with Crippen molar-refractivity contribution < 1.29 is 13.3 Å². The molecule has 1 heterocycles. The van der Waals surface area contributed by atoms with Gasteiger partial charge >= 0.3 is 0 Å². The van der Waals surface area contributed by atoms with E-state index in [1.807, 2.05) is 0 Å². The molecule has 140 valence electrons. The summed E-state index contributed by atoms with van der Waals surface area (Å²) in [5.74, 6) is 0.796. The molecular weight excluding hydrogens is 344 g/mol. The van der Waals surface area contributed by atoms with E-state index in [0.29, 0.717) is 12.2 Å². The third-order valence-electron chi connectivity index (χ3n) is 4.59. The molecule has 2 rings (SSSR count). The average Bonchev–Trinajstić information content (AvgIpc) is 2.60. The van der Waals surface area contributed by atoms with Crippen molar-refractivity contribution in [2.45, 2.75) is 31.1 Å². The molecule has 1 aliphatic heterocycles. The first-order valence-corrected chi connectivity index (χ1v) is 10.00. The van der Waals surface area contributed by atoms with Crippen molar-refractivity contribution in [3.63, 3.8) is 0 Å². The predicted molar refractivity (Wildman–Crippen MR) is 97.3 cm³/mol. The Balaban J connectivity index is 1.94. The monoisotopic (exact) mass is 370 g/mol. The molecule has 0 bridgehead atoms. The zero-order valence-electron chi connectivity index (χ0n) is 14.7. The summed E-state index contributed by atoms with van der Waals surface area (Å²) in [6.45, 7) is 6.05. The highest BCUT2D eigenvalue weighted by atomic mass is 32.2. The molecule has 2 N–H and O–H groups in total. The van der Waals surface area contributed by atoms with Gasteiger partial charge in [-0.1, -0.05) is 6.92 Å². The van der Waals surface area contributed by atoms with Crippen molar-refractivity contribution in [2.75, 3.05) is 38.5 Å². The molecule has 0 saturated carbocycles. The minimum Gasteiger partial charge on any atom is -0.379 e. The lowest BCUT2D eigenvalue weighted by atomic mass is 9.99. The van der Waals surface area contributed by atoms with E-state index in [1.165, 1.54) is 32.0 Å². The van der Waals surface area contributed by atoms with Gasteiger partial charge in [0.15, 0.2) is 0 Å². The van der Waals surface area contributed by atoms with Gasteiger partial charge in [-0.2, -0.15) is 0 Å². The van der Waals surface area contributed by atoms with E-state index in [4.69, 9.17) is 0 Å². The third kappa shape index (κ3) is 5.38. The molecule has 1 fully saturated rings. The number of nitrogens with one attached hydrogen (secondary N) is 2. The molecule has 9 heteroatoms. The first-order valence-electron chi connectivity index (χ1n) is 8.51. The Morgan fingerprint density at radius 1 is 1.32 bits per heavy atom. The maximum atomic E-state index is 11.8. The summed E-state index contributed by atoms with van der Waals surface area (Å²) in [5.41, 5.74) is 0.107. The van der Waals surface area contributed by atoms with Gasteiger partial charge in [-0.15, -0.1) is 0 Å². The van der Waals surface area contributed by atoms with Crippen molar-refractivity contribution in [3.05, 3.63) is 28.3 Å². The molecule has 0 radical (unpaired) electrons. The van der Waals surface area contributed by atoms with Crippen molar-refractivity contribution in [3.8, 4) is 0 Å². The number of nitro groups is 1. The predicted octanol–water partition coefficient (Wildman–Crippen LogP) is 2.04. The van der Waals surface area contributed by atoms with Crippen LogP contribution < -0.4 is 10.0 Å². The number of nitro benzene ring substituents is 1. The van der Waals surface area contributed by atoms with E-state index in [-0.39, 0.29) is 10.6 Å². The summed E-state index contributed by atoms with van der Waals surface area (Å²) in [4.78, 5) is 13.0. The second-order valence-corrected chi connectivity index (χ2v) is 8.33. The van der Waals surface area contributed by atoms with Crippen molar-refractivity contribution in [2.24, 2.45) is 5.92 Å². The Hall–Kier alpha value is -1.71. The van der Waals surface area contributed by atoms with Crippen LogP contribution in [-0.4, -0.2) is 51.5 Å². The highest BCUT2D eigenvalue weighted by Gasteiger charge is 2.20. The van der Waals surface area contributed by atoms with Crippen molar-refractivity contribution >= 4 is 21.4 Å². The molecule has 0 amide bonds. The van der Waals surface area contributed by atoms with Crippen LogP contribution in [0.15, 0.2) is 23.1 Å². The lowest BCUT2D eigenvalue weighted by Gasteiger charge is -2.30. The molecule has 1 saturated heterocycles. The number of piperidine rings is 1. The van der Waals surface area contributed by atoms with Gasteiger partial charge in [0.1, 0.15) is 5.69 Å². The molecular formula is C16H26N4O4S. The van der Waals surface area contributed by atoms with Gasteiger partial charge in [-0.3, -0.25) is 10.1 Å². The maximum Gasteiger partial charge on any atom is 0.293 e.